The fraction of sp³-hybridized carbons (Fsp3) is 0.636. The van der Waals surface area contributed by atoms with E-state index in [-0.39, 0.29) is 11.8 Å². The van der Waals surface area contributed by atoms with Gasteiger partial charge in [0.2, 0.25) is 5.91 Å². The number of carbonyl (C=O) groups is 1. The number of hydrogen-bond acceptors (Lipinski definition) is 5. The fourth-order valence-corrected chi connectivity index (χ4v) is 4.29. The lowest BCUT2D eigenvalue weighted by molar-refractivity contribution is -0.123. The van der Waals surface area contributed by atoms with Crippen LogP contribution in [-0.4, -0.2) is 85.7 Å². The summed E-state index contributed by atoms with van der Waals surface area (Å²) < 4.78 is 0. The number of aliphatic imine (C=N–C) groups is 1. The molecule has 2 saturated heterocycles. The number of phenols is 1. The number of piperazine rings is 1. The molecule has 0 saturated carbocycles. The van der Waals surface area contributed by atoms with Gasteiger partial charge in [0.15, 0.2) is 5.96 Å². The molecule has 1 aromatic rings. The normalized spacial score (nSPS) is 21.0. The lowest BCUT2D eigenvalue weighted by Gasteiger charge is -2.38. The number of nitrogens with one attached hydrogen (secondary N) is 1. The number of hydrogen-bond donors (Lipinski definition) is 3. The molecular weight excluding hydrogens is 380 g/mol. The van der Waals surface area contributed by atoms with Gasteiger partial charge in [0.05, 0.1) is 11.6 Å². The number of nitrogens with two attached hydrogens (primary N) is 1. The van der Waals surface area contributed by atoms with E-state index in [0.29, 0.717) is 5.75 Å². The van der Waals surface area contributed by atoms with Crippen molar-refractivity contribution in [3.05, 3.63) is 24.3 Å². The number of likely N-dealkylation sites (tertiary alicyclic amines) is 1. The number of primary amides is 1. The minimum atomic E-state index is -0.171. The fourth-order valence-electron chi connectivity index (χ4n) is 4.29. The molecule has 0 aromatic heterocycles. The van der Waals surface area contributed by atoms with Crippen LogP contribution in [0.5, 0.6) is 5.75 Å². The maximum Gasteiger partial charge on any atom is 0.221 e. The number of anilines is 1. The molecule has 0 radical (unpaired) electrons. The van der Waals surface area contributed by atoms with Gasteiger partial charge in [-0.15, -0.1) is 0 Å². The van der Waals surface area contributed by atoms with Gasteiger partial charge in [-0.05, 0) is 51.4 Å². The highest BCUT2D eigenvalue weighted by atomic mass is 16.3. The van der Waals surface area contributed by atoms with Gasteiger partial charge >= 0.3 is 0 Å². The predicted octanol–water partition coefficient (Wildman–Crippen LogP) is 1.07. The Morgan fingerprint density at radius 1 is 1.23 bits per heavy atom. The molecule has 1 amide bonds. The summed E-state index contributed by atoms with van der Waals surface area (Å²) >= 11 is 0. The van der Waals surface area contributed by atoms with E-state index in [2.05, 4.69) is 26.9 Å². The van der Waals surface area contributed by atoms with Crippen LogP contribution in [0, 0.1) is 5.92 Å². The monoisotopic (exact) mass is 416 g/mol. The van der Waals surface area contributed by atoms with Gasteiger partial charge < -0.3 is 30.9 Å². The number of amides is 1. The molecule has 2 aliphatic heterocycles. The van der Waals surface area contributed by atoms with Crippen molar-refractivity contribution in [2.75, 3.05) is 63.8 Å². The summed E-state index contributed by atoms with van der Waals surface area (Å²) in [6, 6.07) is 7.51. The van der Waals surface area contributed by atoms with Crippen LogP contribution in [-0.2, 0) is 4.79 Å². The molecule has 166 valence electrons. The molecule has 3 rings (SSSR count). The Bertz CT molecular complexity index is 717. The molecular formula is C22H36N6O2. The van der Waals surface area contributed by atoms with Crippen LogP contribution < -0.4 is 16.0 Å². The Morgan fingerprint density at radius 2 is 2.00 bits per heavy atom. The number of para-hydroxylation sites is 2. The van der Waals surface area contributed by atoms with Gasteiger partial charge in [-0.3, -0.25) is 9.79 Å². The van der Waals surface area contributed by atoms with Crippen molar-refractivity contribution in [1.82, 2.24) is 15.1 Å². The highest BCUT2D eigenvalue weighted by Crippen LogP contribution is 2.27. The topological polar surface area (TPSA) is 97.4 Å². The van der Waals surface area contributed by atoms with Crippen LogP contribution in [0.3, 0.4) is 0 Å². The Morgan fingerprint density at radius 3 is 2.70 bits per heavy atom. The first-order valence-electron chi connectivity index (χ1n) is 11.2. The molecule has 2 aliphatic rings. The Balaban J connectivity index is 1.47. The van der Waals surface area contributed by atoms with Gasteiger partial charge in [-0.1, -0.05) is 12.1 Å². The predicted molar refractivity (Wildman–Crippen MR) is 121 cm³/mol. The SMILES string of the molecule is CCNC(=NCCCN1CCCC(C(N)=O)C1)N1CCN(c2ccccc2O)CC1. The molecule has 1 atom stereocenters. The van der Waals surface area contributed by atoms with Crippen LogP contribution in [0.25, 0.3) is 0 Å². The summed E-state index contributed by atoms with van der Waals surface area (Å²) in [7, 11) is 0. The number of piperidine rings is 1. The largest absolute Gasteiger partial charge is 0.506 e. The number of benzene rings is 1. The lowest BCUT2D eigenvalue weighted by Crippen LogP contribution is -2.52. The molecule has 0 bridgehead atoms. The zero-order valence-electron chi connectivity index (χ0n) is 18.1. The Hall–Kier alpha value is -2.48. The Labute approximate surface area is 179 Å². The molecule has 2 fully saturated rings. The first kappa shape index (κ1) is 22.2. The van der Waals surface area contributed by atoms with Crippen LogP contribution in [0.2, 0.25) is 0 Å². The van der Waals surface area contributed by atoms with Gasteiger partial charge in [0.1, 0.15) is 5.75 Å². The standard InChI is InChI=1S/C22H36N6O2/c1-2-24-22(25-10-6-12-26-11-5-7-18(17-26)21(23)30)28-15-13-27(14-16-28)19-8-3-4-9-20(19)29/h3-4,8-9,18,29H,2,5-7,10-17H2,1H3,(H2,23,30)(H,24,25). The number of nitrogens with zero attached hydrogens (tertiary/aromatic N) is 4. The van der Waals surface area contributed by atoms with E-state index in [1.54, 1.807) is 6.07 Å². The summed E-state index contributed by atoms with van der Waals surface area (Å²) in [4.78, 5) is 23.1. The van der Waals surface area contributed by atoms with Crippen molar-refractivity contribution in [2.45, 2.75) is 26.2 Å². The van der Waals surface area contributed by atoms with E-state index in [1.807, 2.05) is 18.2 Å². The molecule has 4 N–H and O–H groups in total. The van der Waals surface area contributed by atoms with Crippen molar-refractivity contribution in [3.63, 3.8) is 0 Å². The first-order chi connectivity index (χ1) is 14.6. The summed E-state index contributed by atoms with van der Waals surface area (Å²) in [5.74, 6) is 1.13. The van der Waals surface area contributed by atoms with Gasteiger partial charge in [-0.25, -0.2) is 0 Å². The number of aromatic hydroxyl groups is 1. The number of rotatable bonds is 7. The highest BCUT2D eigenvalue weighted by Gasteiger charge is 2.24. The first-order valence-corrected chi connectivity index (χ1v) is 11.2. The maximum atomic E-state index is 11.4. The second-order valence-corrected chi connectivity index (χ2v) is 8.09. The van der Waals surface area contributed by atoms with E-state index >= 15 is 0 Å². The molecule has 0 spiro atoms. The Kier molecular flexibility index (Phi) is 8.19. The number of phenolic OH excluding ortho intramolecular Hbond substituents is 1. The molecule has 1 unspecified atom stereocenters. The average molecular weight is 417 g/mol. The van der Waals surface area contributed by atoms with Crippen molar-refractivity contribution in [1.29, 1.82) is 0 Å². The quantitative estimate of drug-likeness (QED) is 0.349. The van der Waals surface area contributed by atoms with E-state index in [4.69, 9.17) is 10.7 Å². The van der Waals surface area contributed by atoms with Crippen LogP contribution >= 0.6 is 0 Å². The minimum absolute atomic E-state index is 0.0000765. The van der Waals surface area contributed by atoms with E-state index in [9.17, 15) is 9.90 Å². The van der Waals surface area contributed by atoms with Crippen molar-refractivity contribution in [3.8, 4) is 5.75 Å². The molecule has 8 heteroatoms. The summed E-state index contributed by atoms with van der Waals surface area (Å²) in [5.41, 5.74) is 6.37. The van der Waals surface area contributed by atoms with Gasteiger partial charge in [-0.2, -0.15) is 0 Å². The summed E-state index contributed by atoms with van der Waals surface area (Å²) in [6.45, 7) is 9.91. The minimum Gasteiger partial charge on any atom is -0.506 e. The third-order valence-corrected chi connectivity index (χ3v) is 5.94. The molecule has 0 aliphatic carbocycles. The van der Waals surface area contributed by atoms with Crippen molar-refractivity contribution < 1.29 is 9.90 Å². The van der Waals surface area contributed by atoms with Crippen LogP contribution in [0.15, 0.2) is 29.3 Å². The molecule has 8 nitrogen and oxygen atoms in total. The number of guanidine groups is 1. The second kappa shape index (κ2) is 11.1. The zero-order chi connectivity index (χ0) is 21.3. The van der Waals surface area contributed by atoms with Gasteiger partial charge in [0, 0.05) is 45.8 Å². The van der Waals surface area contributed by atoms with Crippen molar-refractivity contribution in [2.24, 2.45) is 16.6 Å². The van der Waals surface area contributed by atoms with E-state index in [1.165, 1.54) is 0 Å². The highest BCUT2D eigenvalue weighted by molar-refractivity contribution is 5.80. The smallest absolute Gasteiger partial charge is 0.221 e. The van der Waals surface area contributed by atoms with E-state index in [0.717, 1.165) is 89.8 Å². The van der Waals surface area contributed by atoms with Crippen LogP contribution in [0.1, 0.15) is 26.2 Å². The van der Waals surface area contributed by atoms with Gasteiger partial charge in [0.25, 0.3) is 0 Å². The average Bonchev–Trinajstić information content (AvgIpc) is 2.76. The third-order valence-electron chi connectivity index (χ3n) is 5.94. The maximum absolute atomic E-state index is 11.4. The molecule has 1 aromatic carbocycles. The second-order valence-electron chi connectivity index (χ2n) is 8.09. The molecule has 30 heavy (non-hydrogen) atoms. The van der Waals surface area contributed by atoms with E-state index < -0.39 is 0 Å². The third kappa shape index (κ3) is 6.01. The van der Waals surface area contributed by atoms with Crippen LogP contribution in [0.4, 0.5) is 5.69 Å². The summed E-state index contributed by atoms with van der Waals surface area (Å²) in [5, 5.41) is 13.5. The van der Waals surface area contributed by atoms with Crippen molar-refractivity contribution >= 4 is 17.6 Å². The number of carbonyl (C=O) groups excluding carboxylic acids is 1. The molecule has 2 heterocycles. The summed E-state index contributed by atoms with van der Waals surface area (Å²) in [6.07, 6.45) is 2.93. The zero-order valence-corrected chi connectivity index (χ0v) is 18.1. The lowest BCUT2D eigenvalue weighted by atomic mass is 9.97.